The van der Waals surface area contributed by atoms with Crippen LogP contribution in [-0.2, 0) is 6.42 Å². The third kappa shape index (κ3) is 4.68. The van der Waals surface area contributed by atoms with Gasteiger partial charge in [-0.1, -0.05) is 17.3 Å². The quantitative estimate of drug-likeness (QED) is 0.656. The maximum absolute atomic E-state index is 6.28. The number of ether oxygens (including phenoxy) is 3. The molecule has 0 atom stereocenters. The molecule has 29 heavy (non-hydrogen) atoms. The predicted octanol–water partition coefficient (Wildman–Crippen LogP) is 3.48. The highest BCUT2D eigenvalue weighted by atomic mass is 16.5. The summed E-state index contributed by atoms with van der Waals surface area (Å²) in [5, 5.41) is 7.50. The fraction of sp³-hybridized carbons (Fsp3) is 0.364. The van der Waals surface area contributed by atoms with Gasteiger partial charge in [-0.25, -0.2) is 0 Å². The second-order valence-electron chi connectivity index (χ2n) is 6.97. The summed E-state index contributed by atoms with van der Waals surface area (Å²) in [7, 11) is 3.29. The molecular formula is C22H25N3O4. The van der Waals surface area contributed by atoms with Crippen molar-refractivity contribution >= 4 is 0 Å². The van der Waals surface area contributed by atoms with Crippen molar-refractivity contribution < 1.29 is 18.7 Å². The Morgan fingerprint density at radius 2 is 1.83 bits per heavy atom. The molecule has 1 aliphatic heterocycles. The van der Waals surface area contributed by atoms with E-state index in [9.17, 15) is 0 Å². The first-order chi connectivity index (χ1) is 14.2. The van der Waals surface area contributed by atoms with E-state index >= 15 is 0 Å². The summed E-state index contributed by atoms with van der Waals surface area (Å²) in [6.45, 7) is 1.91. The van der Waals surface area contributed by atoms with E-state index in [0.717, 1.165) is 48.6 Å². The van der Waals surface area contributed by atoms with Gasteiger partial charge in [0.05, 0.1) is 19.8 Å². The van der Waals surface area contributed by atoms with Gasteiger partial charge >= 0.3 is 0 Å². The maximum atomic E-state index is 6.28. The Balaban J connectivity index is 1.57. The van der Waals surface area contributed by atoms with Gasteiger partial charge in [-0.05, 0) is 55.8 Å². The van der Waals surface area contributed by atoms with Crippen LogP contribution in [0.4, 0.5) is 0 Å². The first kappa shape index (κ1) is 19.3. The molecule has 1 fully saturated rings. The third-order valence-electron chi connectivity index (χ3n) is 4.96. The SMILES string of the molecule is COc1cccc(Cc2noc(-c3ccc(OC)cc3OC3CCNCC3)n2)c1. The molecule has 1 aliphatic rings. The second-order valence-corrected chi connectivity index (χ2v) is 6.97. The molecule has 0 unspecified atom stereocenters. The first-order valence-corrected chi connectivity index (χ1v) is 9.76. The molecule has 0 aliphatic carbocycles. The first-order valence-electron chi connectivity index (χ1n) is 9.76. The van der Waals surface area contributed by atoms with E-state index in [4.69, 9.17) is 18.7 Å². The normalized spacial score (nSPS) is 14.6. The molecule has 1 aromatic heterocycles. The highest BCUT2D eigenvalue weighted by Crippen LogP contribution is 2.34. The van der Waals surface area contributed by atoms with Crippen LogP contribution in [-0.4, -0.2) is 43.6 Å². The summed E-state index contributed by atoms with van der Waals surface area (Å²) < 4.78 is 22.5. The second kappa shape index (κ2) is 8.96. The number of benzene rings is 2. The minimum atomic E-state index is 0.154. The monoisotopic (exact) mass is 395 g/mol. The van der Waals surface area contributed by atoms with Gasteiger partial charge in [-0.2, -0.15) is 4.98 Å². The van der Waals surface area contributed by atoms with Crippen LogP contribution < -0.4 is 19.5 Å². The van der Waals surface area contributed by atoms with Crippen molar-refractivity contribution in [2.24, 2.45) is 0 Å². The average Bonchev–Trinajstić information content (AvgIpc) is 3.22. The summed E-state index contributed by atoms with van der Waals surface area (Å²) in [5.74, 6) is 3.28. The van der Waals surface area contributed by atoms with Crippen molar-refractivity contribution in [1.29, 1.82) is 0 Å². The molecule has 0 bridgehead atoms. The van der Waals surface area contributed by atoms with Crippen LogP contribution in [0.5, 0.6) is 17.2 Å². The van der Waals surface area contributed by atoms with Gasteiger partial charge in [0, 0.05) is 12.5 Å². The lowest BCUT2D eigenvalue weighted by Gasteiger charge is -2.24. The molecule has 2 aromatic carbocycles. The van der Waals surface area contributed by atoms with Gasteiger partial charge < -0.3 is 24.1 Å². The molecule has 1 N–H and O–H groups in total. The number of rotatable bonds is 7. The Kier molecular flexibility index (Phi) is 5.95. The van der Waals surface area contributed by atoms with E-state index < -0.39 is 0 Å². The van der Waals surface area contributed by atoms with E-state index in [1.807, 2.05) is 42.5 Å². The number of methoxy groups -OCH3 is 2. The summed E-state index contributed by atoms with van der Waals surface area (Å²) >= 11 is 0. The molecular weight excluding hydrogens is 370 g/mol. The third-order valence-corrected chi connectivity index (χ3v) is 4.96. The number of nitrogens with one attached hydrogen (secondary N) is 1. The largest absolute Gasteiger partial charge is 0.497 e. The predicted molar refractivity (Wildman–Crippen MR) is 109 cm³/mol. The van der Waals surface area contributed by atoms with Crippen LogP contribution in [0.15, 0.2) is 47.0 Å². The molecule has 2 heterocycles. The Morgan fingerprint density at radius 3 is 2.62 bits per heavy atom. The summed E-state index contributed by atoms with van der Waals surface area (Å²) in [5.41, 5.74) is 1.83. The number of hydrogen-bond donors (Lipinski definition) is 1. The zero-order valence-electron chi connectivity index (χ0n) is 16.7. The zero-order valence-corrected chi connectivity index (χ0v) is 16.7. The molecule has 1 saturated heterocycles. The van der Waals surface area contributed by atoms with Crippen LogP contribution in [0.1, 0.15) is 24.2 Å². The summed E-state index contributed by atoms with van der Waals surface area (Å²) in [6.07, 6.45) is 2.63. The van der Waals surface area contributed by atoms with E-state index in [-0.39, 0.29) is 6.10 Å². The average molecular weight is 395 g/mol. The smallest absolute Gasteiger partial charge is 0.261 e. The topological polar surface area (TPSA) is 78.6 Å². The van der Waals surface area contributed by atoms with Gasteiger partial charge in [0.25, 0.3) is 5.89 Å². The van der Waals surface area contributed by atoms with Crippen LogP contribution in [0.2, 0.25) is 0 Å². The van der Waals surface area contributed by atoms with Gasteiger partial charge in [-0.3, -0.25) is 0 Å². The van der Waals surface area contributed by atoms with Crippen molar-refractivity contribution in [2.45, 2.75) is 25.4 Å². The van der Waals surface area contributed by atoms with Crippen LogP contribution in [0.3, 0.4) is 0 Å². The Morgan fingerprint density at radius 1 is 1.03 bits per heavy atom. The standard InChI is InChI=1S/C22H25N3O4/c1-26-17-5-3-4-15(12-17)13-21-24-22(29-25-21)19-7-6-18(27-2)14-20(19)28-16-8-10-23-11-9-16/h3-7,12,14,16,23H,8-11,13H2,1-2H3. The molecule has 0 spiro atoms. The highest BCUT2D eigenvalue weighted by Gasteiger charge is 2.20. The summed E-state index contributed by atoms with van der Waals surface area (Å²) in [6, 6.07) is 13.5. The number of aromatic nitrogens is 2. The van der Waals surface area contributed by atoms with Gasteiger partial charge in [0.1, 0.15) is 23.4 Å². The Hall–Kier alpha value is -3.06. The van der Waals surface area contributed by atoms with Crippen molar-refractivity contribution in [3.63, 3.8) is 0 Å². The Labute approximate surface area is 170 Å². The molecule has 0 amide bonds. The molecule has 0 saturated carbocycles. The maximum Gasteiger partial charge on any atom is 0.261 e. The minimum absolute atomic E-state index is 0.154. The molecule has 7 nitrogen and oxygen atoms in total. The lowest BCUT2D eigenvalue weighted by atomic mass is 10.1. The lowest BCUT2D eigenvalue weighted by Crippen LogP contribution is -2.34. The van der Waals surface area contributed by atoms with Crippen LogP contribution in [0.25, 0.3) is 11.5 Å². The van der Waals surface area contributed by atoms with E-state index in [1.165, 1.54) is 0 Å². The van der Waals surface area contributed by atoms with E-state index in [1.54, 1.807) is 14.2 Å². The van der Waals surface area contributed by atoms with Gasteiger partial charge in [0.15, 0.2) is 5.82 Å². The zero-order chi connectivity index (χ0) is 20.1. The van der Waals surface area contributed by atoms with Gasteiger partial charge in [0.2, 0.25) is 0 Å². The molecule has 0 radical (unpaired) electrons. The van der Waals surface area contributed by atoms with Crippen molar-refractivity contribution in [2.75, 3.05) is 27.3 Å². The van der Waals surface area contributed by atoms with Gasteiger partial charge in [-0.15, -0.1) is 0 Å². The van der Waals surface area contributed by atoms with Crippen LogP contribution >= 0.6 is 0 Å². The minimum Gasteiger partial charge on any atom is -0.497 e. The van der Waals surface area contributed by atoms with E-state index in [2.05, 4.69) is 15.5 Å². The molecule has 4 rings (SSSR count). The van der Waals surface area contributed by atoms with Crippen molar-refractivity contribution in [1.82, 2.24) is 15.5 Å². The molecule has 152 valence electrons. The highest BCUT2D eigenvalue weighted by molar-refractivity contribution is 5.64. The van der Waals surface area contributed by atoms with Crippen LogP contribution in [0, 0.1) is 0 Å². The number of piperidine rings is 1. The number of nitrogens with zero attached hydrogens (tertiary/aromatic N) is 2. The fourth-order valence-electron chi connectivity index (χ4n) is 3.40. The molecule has 7 heteroatoms. The van der Waals surface area contributed by atoms with Crippen molar-refractivity contribution in [3.05, 3.63) is 53.9 Å². The van der Waals surface area contributed by atoms with Crippen molar-refractivity contribution in [3.8, 4) is 28.7 Å². The molecule has 3 aromatic rings. The Bertz CT molecular complexity index is 951. The number of hydrogen-bond acceptors (Lipinski definition) is 7. The lowest BCUT2D eigenvalue weighted by molar-refractivity contribution is 0.162. The fourth-order valence-corrected chi connectivity index (χ4v) is 3.40. The summed E-state index contributed by atoms with van der Waals surface area (Å²) in [4.78, 5) is 4.59. The van der Waals surface area contributed by atoms with E-state index in [0.29, 0.717) is 23.9 Å².